The Morgan fingerprint density at radius 2 is 2.13 bits per heavy atom. The van der Waals surface area contributed by atoms with Crippen molar-refractivity contribution in [3.8, 4) is 0 Å². The third-order valence-corrected chi connectivity index (χ3v) is 3.56. The molecule has 0 aliphatic heterocycles. The number of aryl methyl sites for hydroxylation is 1. The molecular weight excluding hydrogens is 294 g/mol. The van der Waals surface area contributed by atoms with Crippen LogP contribution in [0.15, 0.2) is 47.5 Å². The highest BCUT2D eigenvalue weighted by atomic mass is 16.5. The molecular formula is C17H17N3O3. The van der Waals surface area contributed by atoms with Crippen LogP contribution in [0, 0.1) is 0 Å². The zero-order chi connectivity index (χ0) is 16.4. The number of carbonyl (C=O) groups excluding carboxylic acids is 1. The van der Waals surface area contributed by atoms with Crippen LogP contribution in [0.4, 0.5) is 11.4 Å². The summed E-state index contributed by atoms with van der Waals surface area (Å²) in [5.41, 5.74) is 2.36. The molecule has 0 aliphatic rings. The van der Waals surface area contributed by atoms with Gasteiger partial charge >= 0.3 is 5.97 Å². The average Bonchev–Trinajstić information content (AvgIpc) is 2.98. The molecule has 118 valence electrons. The summed E-state index contributed by atoms with van der Waals surface area (Å²) in [6.07, 6.45) is 3.34. The van der Waals surface area contributed by atoms with Gasteiger partial charge in [0.15, 0.2) is 0 Å². The number of ether oxygens (including phenoxy) is 1. The van der Waals surface area contributed by atoms with Crippen LogP contribution in [0.5, 0.6) is 0 Å². The van der Waals surface area contributed by atoms with Gasteiger partial charge in [-0.2, -0.15) is 0 Å². The van der Waals surface area contributed by atoms with E-state index in [2.05, 4.69) is 10.3 Å². The minimum absolute atomic E-state index is 0.205. The van der Waals surface area contributed by atoms with Crippen LogP contribution >= 0.6 is 0 Å². The van der Waals surface area contributed by atoms with Gasteiger partial charge in [-0.25, -0.2) is 4.79 Å². The minimum Gasteiger partial charge on any atom is -0.462 e. The van der Waals surface area contributed by atoms with Crippen LogP contribution in [0.25, 0.3) is 10.9 Å². The molecule has 3 rings (SSSR count). The smallest absolute Gasteiger partial charge is 0.341 e. The van der Waals surface area contributed by atoms with Crippen LogP contribution in [-0.4, -0.2) is 22.1 Å². The highest BCUT2D eigenvalue weighted by molar-refractivity contribution is 5.96. The van der Waals surface area contributed by atoms with Crippen molar-refractivity contribution in [3.63, 3.8) is 0 Å². The number of aromatic nitrogens is 2. The zero-order valence-corrected chi connectivity index (χ0v) is 12.9. The Bertz CT molecular complexity index is 924. The second-order valence-electron chi connectivity index (χ2n) is 5.18. The summed E-state index contributed by atoms with van der Waals surface area (Å²) in [7, 11) is 1.60. The van der Waals surface area contributed by atoms with Gasteiger partial charge in [0.2, 0.25) is 0 Å². The van der Waals surface area contributed by atoms with Crippen molar-refractivity contribution in [2.75, 3.05) is 11.9 Å². The number of hydrogen-bond donors (Lipinski definition) is 2. The molecule has 0 spiro atoms. The number of fused-ring (bicyclic) bond motifs is 1. The molecule has 3 aromatic rings. The fourth-order valence-corrected chi connectivity index (χ4v) is 2.39. The summed E-state index contributed by atoms with van der Waals surface area (Å²) < 4.78 is 6.41. The summed E-state index contributed by atoms with van der Waals surface area (Å²) in [5, 5.41) is 4.17. The average molecular weight is 311 g/mol. The van der Waals surface area contributed by atoms with Gasteiger partial charge in [-0.05, 0) is 31.2 Å². The van der Waals surface area contributed by atoms with E-state index in [0.29, 0.717) is 11.3 Å². The van der Waals surface area contributed by atoms with Crippen molar-refractivity contribution in [1.82, 2.24) is 9.55 Å². The molecule has 0 fully saturated rings. The first-order chi connectivity index (χ1) is 11.1. The van der Waals surface area contributed by atoms with E-state index in [1.54, 1.807) is 14.0 Å². The number of H-pyrrole nitrogens is 1. The molecule has 0 atom stereocenters. The summed E-state index contributed by atoms with van der Waals surface area (Å²) >= 11 is 0. The van der Waals surface area contributed by atoms with Crippen molar-refractivity contribution in [1.29, 1.82) is 0 Å². The highest BCUT2D eigenvalue weighted by Crippen LogP contribution is 2.23. The molecule has 2 heterocycles. The first kappa shape index (κ1) is 14.9. The predicted octanol–water partition coefficient (Wildman–Crippen LogP) is 2.79. The van der Waals surface area contributed by atoms with Crippen molar-refractivity contribution >= 4 is 28.2 Å². The standard InChI is InChI=1S/C17H17N3O3/c1-3-23-17(22)13-10-20(2)16(21)9-15(13)19-12-4-5-14-11(8-12)6-7-18-14/h4-10,18-19H,3H2,1-2H3. The second kappa shape index (κ2) is 6.00. The SMILES string of the molecule is CCOC(=O)c1cn(C)c(=O)cc1Nc1ccc2[nH]ccc2c1. The molecule has 0 radical (unpaired) electrons. The number of pyridine rings is 1. The molecule has 2 N–H and O–H groups in total. The first-order valence-electron chi connectivity index (χ1n) is 7.30. The Morgan fingerprint density at radius 1 is 1.30 bits per heavy atom. The molecule has 0 aliphatic carbocycles. The van der Waals surface area contributed by atoms with Crippen LogP contribution < -0.4 is 10.9 Å². The molecule has 2 aromatic heterocycles. The van der Waals surface area contributed by atoms with E-state index < -0.39 is 5.97 Å². The number of esters is 1. The van der Waals surface area contributed by atoms with E-state index in [9.17, 15) is 9.59 Å². The molecule has 0 bridgehead atoms. The van der Waals surface area contributed by atoms with Crippen molar-refractivity contribution in [3.05, 3.63) is 58.6 Å². The zero-order valence-electron chi connectivity index (χ0n) is 12.9. The van der Waals surface area contributed by atoms with E-state index in [4.69, 9.17) is 4.74 Å². The first-order valence-corrected chi connectivity index (χ1v) is 7.30. The van der Waals surface area contributed by atoms with Gasteiger partial charge in [-0.15, -0.1) is 0 Å². The lowest BCUT2D eigenvalue weighted by atomic mass is 10.2. The molecule has 0 amide bonds. The monoisotopic (exact) mass is 311 g/mol. The maximum absolute atomic E-state index is 12.1. The molecule has 0 saturated carbocycles. The van der Waals surface area contributed by atoms with Gasteiger partial charge < -0.3 is 19.6 Å². The lowest BCUT2D eigenvalue weighted by Gasteiger charge is -2.12. The van der Waals surface area contributed by atoms with E-state index in [0.717, 1.165) is 16.6 Å². The number of anilines is 2. The van der Waals surface area contributed by atoms with E-state index >= 15 is 0 Å². The highest BCUT2D eigenvalue weighted by Gasteiger charge is 2.15. The maximum Gasteiger partial charge on any atom is 0.341 e. The Balaban J connectivity index is 2.01. The predicted molar refractivity (Wildman–Crippen MR) is 89.2 cm³/mol. The summed E-state index contributed by atoms with van der Waals surface area (Å²) in [6, 6.07) is 9.11. The van der Waals surface area contributed by atoms with E-state index in [1.807, 2.05) is 30.5 Å². The number of hydrogen-bond acceptors (Lipinski definition) is 4. The Labute approximate surface area is 132 Å². The molecule has 23 heavy (non-hydrogen) atoms. The Morgan fingerprint density at radius 3 is 2.91 bits per heavy atom. The number of nitrogens with zero attached hydrogens (tertiary/aromatic N) is 1. The van der Waals surface area contributed by atoms with Gasteiger partial charge in [-0.1, -0.05) is 0 Å². The normalized spacial score (nSPS) is 10.7. The number of benzene rings is 1. The fraction of sp³-hybridized carbons (Fsp3) is 0.176. The van der Waals surface area contributed by atoms with Crippen LogP contribution in [0.3, 0.4) is 0 Å². The Kier molecular flexibility index (Phi) is 3.89. The molecule has 6 heteroatoms. The number of nitrogens with one attached hydrogen (secondary N) is 2. The fourth-order valence-electron chi connectivity index (χ4n) is 2.39. The summed E-state index contributed by atoms with van der Waals surface area (Å²) in [4.78, 5) is 27.1. The molecule has 6 nitrogen and oxygen atoms in total. The topological polar surface area (TPSA) is 76.1 Å². The van der Waals surface area contributed by atoms with Crippen LogP contribution in [0.1, 0.15) is 17.3 Å². The number of aromatic amines is 1. The van der Waals surface area contributed by atoms with Crippen molar-refractivity contribution < 1.29 is 9.53 Å². The molecule has 1 aromatic carbocycles. The van der Waals surface area contributed by atoms with Crippen LogP contribution in [-0.2, 0) is 11.8 Å². The number of rotatable bonds is 4. The molecule has 0 unspecified atom stereocenters. The van der Waals surface area contributed by atoms with Crippen molar-refractivity contribution in [2.45, 2.75) is 6.92 Å². The summed E-state index contributed by atoms with van der Waals surface area (Å²) in [5.74, 6) is -0.465. The van der Waals surface area contributed by atoms with E-state index in [-0.39, 0.29) is 12.2 Å². The largest absolute Gasteiger partial charge is 0.462 e. The van der Waals surface area contributed by atoms with Crippen LogP contribution in [0.2, 0.25) is 0 Å². The lowest BCUT2D eigenvalue weighted by molar-refractivity contribution is 0.0526. The minimum atomic E-state index is -0.465. The van der Waals surface area contributed by atoms with Gasteiger partial charge in [0.1, 0.15) is 0 Å². The summed E-state index contributed by atoms with van der Waals surface area (Å²) in [6.45, 7) is 2.02. The quantitative estimate of drug-likeness (QED) is 0.726. The third-order valence-electron chi connectivity index (χ3n) is 3.56. The number of carbonyl (C=O) groups is 1. The van der Waals surface area contributed by atoms with E-state index in [1.165, 1.54) is 16.8 Å². The van der Waals surface area contributed by atoms with Crippen molar-refractivity contribution in [2.24, 2.45) is 7.05 Å². The second-order valence-corrected chi connectivity index (χ2v) is 5.18. The van der Waals surface area contributed by atoms with Gasteiger partial charge in [-0.3, -0.25) is 4.79 Å². The lowest BCUT2D eigenvalue weighted by Crippen LogP contribution is -2.20. The third kappa shape index (κ3) is 2.96. The van der Waals surface area contributed by atoms with Gasteiger partial charge in [0.05, 0.1) is 17.9 Å². The molecule has 0 saturated heterocycles. The van der Waals surface area contributed by atoms with Gasteiger partial charge in [0.25, 0.3) is 5.56 Å². The van der Waals surface area contributed by atoms with Gasteiger partial charge in [0, 0.05) is 42.1 Å². The maximum atomic E-state index is 12.1. The Hall–Kier alpha value is -3.02.